The Labute approximate surface area is 75.8 Å². The first kappa shape index (κ1) is 8.11. The Bertz CT molecular complexity index is 157. The zero-order valence-corrected chi connectivity index (χ0v) is 7.57. The summed E-state index contributed by atoms with van der Waals surface area (Å²) in [7, 11) is 0. The molecule has 2 nitrogen and oxygen atoms in total. The van der Waals surface area contributed by atoms with Crippen LogP contribution in [0.5, 0.6) is 0 Å². The second kappa shape index (κ2) is 2.77. The highest BCUT2D eigenvalue weighted by Crippen LogP contribution is 2.42. The first-order valence-corrected chi connectivity index (χ1v) is 4.66. The van der Waals surface area contributed by atoms with E-state index in [0.29, 0.717) is 13.2 Å². The van der Waals surface area contributed by atoms with Crippen LogP contribution in [-0.4, -0.2) is 29.8 Å². The minimum atomic E-state index is -0.548. The lowest BCUT2D eigenvalue weighted by Gasteiger charge is -2.24. The van der Waals surface area contributed by atoms with Gasteiger partial charge in [0.2, 0.25) is 0 Å². The predicted octanol–water partition coefficient (Wildman–Crippen LogP) is 1.74. The van der Waals surface area contributed by atoms with Gasteiger partial charge >= 0.3 is 0 Å². The Morgan fingerprint density at radius 2 is 1.82 bits per heavy atom. The normalized spacial score (nSPS) is 42.0. The third-order valence-electron chi connectivity index (χ3n) is 2.22. The number of hydrogen-bond donors (Lipinski definition) is 0. The molecular weight excluding hydrogens is 187 g/mol. The average Bonchev–Trinajstić information content (AvgIpc) is 2.45. The molecule has 2 fully saturated rings. The van der Waals surface area contributed by atoms with Crippen molar-refractivity contribution >= 4 is 23.2 Å². The van der Waals surface area contributed by atoms with Crippen LogP contribution in [0.3, 0.4) is 0 Å². The van der Waals surface area contributed by atoms with Crippen LogP contribution in [0, 0.1) is 0 Å². The maximum Gasteiger partial charge on any atom is 0.186 e. The van der Waals surface area contributed by atoms with Crippen LogP contribution in [-0.2, 0) is 9.47 Å². The Morgan fingerprint density at radius 3 is 2.27 bits per heavy atom. The molecule has 0 amide bonds. The molecule has 0 aromatic carbocycles. The molecule has 1 saturated heterocycles. The van der Waals surface area contributed by atoms with Crippen LogP contribution in [0.15, 0.2) is 0 Å². The SMILES string of the molecule is Cl[C@H]1C[C@H](Cl)C2(C1)OCCO2. The summed E-state index contributed by atoms with van der Waals surface area (Å²) in [6, 6.07) is 0. The zero-order valence-electron chi connectivity index (χ0n) is 6.06. The monoisotopic (exact) mass is 196 g/mol. The molecule has 2 atom stereocenters. The molecule has 0 radical (unpaired) electrons. The first-order valence-electron chi connectivity index (χ1n) is 3.79. The molecule has 1 aliphatic heterocycles. The molecule has 2 rings (SSSR count). The molecule has 11 heavy (non-hydrogen) atoms. The summed E-state index contributed by atoms with van der Waals surface area (Å²) in [4.78, 5) is 0. The van der Waals surface area contributed by atoms with Crippen LogP contribution in [0.1, 0.15) is 12.8 Å². The number of alkyl halides is 2. The Morgan fingerprint density at radius 1 is 1.18 bits per heavy atom. The minimum Gasteiger partial charge on any atom is -0.346 e. The fourth-order valence-corrected chi connectivity index (χ4v) is 2.61. The molecule has 64 valence electrons. The summed E-state index contributed by atoms with van der Waals surface area (Å²) in [5, 5.41) is 0.0306. The molecule has 0 unspecified atom stereocenters. The number of rotatable bonds is 0. The fourth-order valence-electron chi connectivity index (χ4n) is 1.69. The molecule has 2 aliphatic rings. The van der Waals surface area contributed by atoms with Gasteiger partial charge in [-0.3, -0.25) is 0 Å². The van der Waals surface area contributed by atoms with Gasteiger partial charge in [0.1, 0.15) is 0 Å². The number of hydrogen-bond acceptors (Lipinski definition) is 2. The van der Waals surface area contributed by atoms with Crippen molar-refractivity contribution in [2.24, 2.45) is 0 Å². The summed E-state index contributed by atoms with van der Waals surface area (Å²) < 4.78 is 10.9. The number of ether oxygens (including phenoxy) is 2. The maximum absolute atomic E-state index is 6.04. The lowest BCUT2D eigenvalue weighted by molar-refractivity contribution is -0.146. The van der Waals surface area contributed by atoms with Crippen molar-refractivity contribution in [2.45, 2.75) is 29.4 Å². The van der Waals surface area contributed by atoms with E-state index in [0.717, 1.165) is 12.8 Å². The summed E-state index contributed by atoms with van der Waals surface area (Å²) in [5.74, 6) is -0.548. The first-order chi connectivity index (χ1) is 5.23. The van der Waals surface area contributed by atoms with E-state index >= 15 is 0 Å². The van der Waals surface area contributed by atoms with Gasteiger partial charge in [-0.15, -0.1) is 23.2 Å². The van der Waals surface area contributed by atoms with Gasteiger partial charge in [0.15, 0.2) is 5.79 Å². The lowest BCUT2D eigenvalue weighted by atomic mass is 10.2. The predicted molar refractivity (Wildman–Crippen MR) is 43.2 cm³/mol. The molecule has 0 N–H and O–H groups in total. The summed E-state index contributed by atoms with van der Waals surface area (Å²) >= 11 is 12.0. The van der Waals surface area contributed by atoms with Gasteiger partial charge in [0.05, 0.1) is 18.6 Å². The van der Waals surface area contributed by atoms with Crippen molar-refractivity contribution in [2.75, 3.05) is 13.2 Å². The second-order valence-electron chi connectivity index (χ2n) is 3.01. The van der Waals surface area contributed by atoms with E-state index in [2.05, 4.69) is 0 Å². The molecule has 1 heterocycles. The van der Waals surface area contributed by atoms with E-state index in [1.165, 1.54) is 0 Å². The van der Waals surface area contributed by atoms with E-state index in [-0.39, 0.29) is 10.8 Å². The van der Waals surface area contributed by atoms with Crippen molar-refractivity contribution in [3.05, 3.63) is 0 Å². The summed E-state index contributed by atoms with van der Waals surface area (Å²) in [6.07, 6.45) is 1.51. The standard InChI is InChI=1S/C7H10Cl2O2/c8-5-3-6(9)7(4-5)10-1-2-11-7/h5-6H,1-4H2/t5-,6-/m0/s1. The molecular formula is C7H10Cl2O2. The van der Waals surface area contributed by atoms with Crippen LogP contribution < -0.4 is 0 Å². The topological polar surface area (TPSA) is 18.5 Å². The van der Waals surface area contributed by atoms with Crippen LogP contribution in [0.2, 0.25) is 0 Å². The smallest absolute Gasteiger partial charge is 0.186 e. The summed E-state index contributed by atoms with van der Waals surface area (Å²) in [6.45, 7) is 1.29. The van der Waals surface area contributed by atoms with Gasteiger partial charge in [-0.1, -0.05) is 0 Å². The average molecular weight is 197 g/mol. The molecule has 1 spiro atoms. The van der Waals surface area contributed by atoms with E-state index < -0.39 is 5.79 Å². The fraction of sp³-hybridized carbons (Fsp3) is 1.00. The summed E-state index contributed by atoms with van der Waals surface area (Å²) in [5.41, 5.74) is 0. The van der Waals surface area contributed by atoms with Gasteiger partial charge in [0.25, 0.3) is 0 Å². The molecule has 1 aliphatic carbocycles. The van der Waals surface area contributed by atoms with Gasteiger partial charge in [-0.2, -0.15) is 0 Å². The van der Waals surface area contributed by atoms with E-state index in [9.17, 15) is 0 Å². The van der Waals surface area contributed by atoms with Gasteiger partial charge < -0.3 is 9.47 Å². The molecule has 0 aromatic rings. The lowest BCUT2D eigenvalue weighted by Crippen LogP contribution is -2.35. The van der Waals surface area contributed by atoms with E-state index in [1.807, 2.05) is 0 Å². The van der Waals surface area contributed by atoms with Crippen molar-refractivity contribution in [3.63, 3.8) is 0 Å². The molecule has 0 bridgehead atoms. The zero-order chi connectivity index (χ0) is 7.90. The number of halogens is 2. The maximum atomic E-state index is 6.04. The third kappa shape index (κ3) is 1.26. The quantitative estimate of drug-likeness (QED) is 0.550. The molecule has 4 heteroatoms. The van der Waals surface area contributed by atoms with Crippen LogP contribution in [0.4, 0.5) is 0 Å². The van der Waals surface area contributed by atoms with E-state index in [1.54, 1.807) is 0 Å². The van der Waals surface area contributed by atoms with Gasteiger partial charge in [-0.25, -0.2) is 0 Å². The Hall–Kier alpha value is 0.500. The molecule has 0 aromatic heterocycles. The third-order valence-corrected chi connectivity index (χ3v) is 3.07. The van der Waals surface area contributed by atoms with Crippen molar-refractivity contribution in [1.29, 1.82) is 0 Å². The highest BCUT2D eigenvalue weighted by atomic mass is 35.5. The van der Waals surface area contributed by atoms with E-state index in [4.69, 9.17) is 32.7 Å². The van der Waals surface area contributed by atoms with Crippen LogP contribution >= 0.6 is 23.2 Å². The highest BCUT2D eigenvalue weighted by molar-refractivity contribution is 6.25. The largest absolute Gasteiger partial charge is 0.346 e. The van der Waals surface area contributed by atoms with Crippen molar-refractivity contribution < 1.29 is 9.47 Å². The molecule has 1 saturated carbocycles. The van der Waals surface area contributed by atoms with Crippen LogP contribution in [0.25, 0.3) is 0 Å². The van der Waals surface area contributed by atoms with Crippen molar-refractivity contribution in [3.8, 4) is 0 Å². The minimum absolute atomic E-state index is 0.0764. The van der Waals surface area contributed by atoms with Gasteiger partial charge in [0, 0.05) is 11.8 Å². The van der Waals surface area contributed by atoms with Crippen molar-refractivity contribution in [1.82, 2.24) is 0 Å². The van der Waals surface area contributed by atoms with Gasteiger partial charge in [-0.05, 0) is 6.42 Å². The second-order valence-corrected chi connectivity index (χ2v) is 4.16. The Balaban J connectivity index is 2.12. The highest BCUT2D eigenvalue weighted by Gasteiger charge is 2.50. The Kier molecular flexibility index (Phi) is 2.04.